The molecule has 19 heavy (non-hydrogen) atoms. The third-order valence-electron chi connectivity index (χ3n) is 4.05. The van der Waals surface area contributed by atoms with Crippen molar-refractivity contribution >= 4 is 11.6 Å². The molecule has 0 bridgehead atoms. The molecule has 0 aliphatic carbocycles. The van der Waals surface area contributed by atoms with E-state index in [1.165, 1.54) is 0 Å². The van der Waals surface area contributed by atoms with Crippen LogP contribution < -0.4 is 11.1 Å². The minimum absolute atomic E-state index is 0.00815. The second-order valence-corrected chi connectivity index (χ2v) is 5.63. The van der Waals surface area contributed by atoms with E-state index in [1.807, 2.05) is 25.1 Å². The molecule has 4 nitrogen and oxygen atoms in total. The lowest BCUT2D eigenvalue weighted by Crippen LogP contribution is -2.49. The van der Waals surface area contributed by atoms with Crippen LogP contribution in [-0.2, 0) is 0 Å². The van der Waals surface area contributed by atoms with E-state index in [4.69, 9.17) is 5.73 Å². The summed E-state index contributed by atoms with van der Waals surface area (Å²) in [5, 5.41) is 3.15. The number of carbonyl (C=O) groups is 1. The molecule has 1 aromatic rings. The molecule has 2 rings (SSSR count). The van der Waals surface area contributed by atoms with E-state index in [-0.39, 0.29) is 11.9 Å². The highest BCUT2D eigenvalue weighted by atomic mass is 16.1. The van der Waals surface area contributed by atoms with Crippen LogP contribution in [0.25, 0.3) is 0 Å². The van der Waals surface area contributed by atoms with Gasteiger partial charge in [-0.15, -0.1) is 0 Å². The van der Waals surface area contributed by atoms with Crippen molar-refractivity contribution in [2.24, 2.45) is 5.92 Å². The number of piperidine rings is 1. The number of hydrogen-bond donors (Lipinski definition) is 2. The smallest absolute Gasteiger partial charge is 0.251 e. The van der Waals surface area contributed by atoms with Crippen molar-refractivity contribution in [1.82, 2.24) is 10.2 Å². The molecule has 2 unspecified atom stereocenters. The zero-order valence-corrected chi connectivity index (χ0v) is 11.9. The first kappa shape index (κ1) is 13.9. The molecule has 1 fully saturated rings. The standard InChI is InChI=1S/C15H23N3O/c1-10-9-18(3)8-7-14(10)17-15(19)12-5-4-6-13(16)11(12)2/h4-6,10,14H,7-9,16H2,1-3H3,(H,17,19). The monoisotopic (exact) mass is 261 g/mol. The fraction of sp³-hybridized carbons (Fsp3) is 0.533. The predicted octanol–water partition coefficient (Wildman–Crippen LogP) is 1.65. The van der Waals surface area contributed by atoms with Crippen molar-refractivity contribution in [3.8, 4) is 0 Å². The molecular weight excluding hydrogens is 238 g/mol. The maximum Gasteiger partial charge on any atom is 0.251 e. The Balaban J connectivity index is 2.07. The van der Waals surface area contributed by atoms with Gasteiger partial charge >= 0.3 is 0 Å². The first-order valence-electron chi connectivity index (χ1n) is 6.83. The average Bonchev–Trinajstić information content (AvgIpc) is 2.36. The fourth-order valence-electron chi connectivity index (χ4n) is 2.71. The Bertz CT molecular complexity index is 472. The summed E-state index contributed by atoms with van der Waals surface area (Å²) in [6.07, 6.45) is 1.00. The molecule has 104 valence electrons. The van der Waals surface area contributed by atoms with Gasteiger partial charge in [0.2, 0.25) is 0 Å². The summed E-state index contributed by atoms with van der Waals surface area (Å²) in [7, 11) is 2.12. The molecule has 1 aromatic carbocycles. The van der Waals surface area contributed by atoms with Crippen LogP contribution in [0.1, 0.15) is 29.3 Å². The van der Waals surface area contributed by atoms with Crippen LogP contribution in [0.3, 0.4) is 0 Å². The van der Waals surface area contributed by atoms with E-state index in [0.717, 1.165) is 25.1 Å². The average molecular weight is 261 g/mol. The molecule has 3 N–H and O–H groups in total. The number of nitrogens with two attached hydrogens (primary N) is 1. The van der Waals surface area contributed by atoms with Gasteiger partial charge in [0.25, 0.3) is 5.91 Å². The van der Waals surface area contributed by atoms with Gasteiger partial charge in [0.1, 0.15) is 0 Å². The minimum atomic E-state index is -0.00815. The number of nitrogen functional groups attached to an aromatic ring is 1. The summed E-state index contributed by atoms with van der Waals surface area (Å²) >= 11 is 0. The molecule has 0 saturated carbocycles. The number of amides is 1. The highest BCUT2D eigenvalue weighted by Gasteiger charge is 2.26. The Morgan fingerprint density at radius 3 is 2.89 bits per heavy atom. The molecule has 0 aromatic heterocycles. The predicted molar refractivity (Wildman–Crippen MR) is 78.1 cm³/mol. The van der Waals surface area contributed by atoms with E-state index in [2.05, 4.69) is 24.2 Å². The van der Waals surface area contributed by atoms with Crippen LogP contribution in [-0.4, -0.2) is 37.0 Å². The van der Waals surface area contributed by atoms with Gasteiger partial charge in [-0.3, -0.25) is 4.79 Å². The van der Waals surface area contributed by atoms with E-state index >= 15 is 0 Å². The lowest BCUT2D eigenvalue weighted by molar-refractivity contribution is 0.0883. The van der Waals surface area contributed by atoms with Crippen LogP contribution in [0.2, 0.25) is 0 Å². The molecule has 2 atom stereocenters. The van der Waals surface area contributed by atoms with Crippen LogP contribution in [0, 0.1) is 12.8 Å². The maximum absolute atomic E-state index is 12.3. The summed E-state index contributed by atoms with van der Waals surface area (Å²) in [5.41, 5.74) is 8.07. The number of hydrogen-bond acceptors (Lipinski definition) is 3. The van der Waals surface area contributed by atoms with Gasteiger partial charge in [0.15, 0.2) is 0 Å². The Kier molecular flexibility index (Phi) is 4.10. The second kappa shape index (κ2) is 5.61. The Morgan fingerprint density at radius 1 is 1.47 bits per heavy atom. The number of likely N-dealkylation sites (tertiary alicyclic amines) is 1. The van der Waals surface area contributed by atoms with Crippen LogP contribution >= 0.6 is 0 Å². The fourth-order valence-corrected chi connectivity index (χ4v) is 2.71. The van der Waals surface area contributed by atoms with Crippen LogP contribution in [0.4, 0.5) is 5.69 Å². The summed E-state index contributed by atoms with van der Waals surface area (Å²) in [4.78, 5) is 14.6. The Morgan fingerprint density at radius 2 is 2.21 bits per heavy atom. The van der Waals surface area contributed by atoms with Gasteiger partial charge < -0.3 is 16.0 Å². The molecule has 1 aliphatic rings. The van der Waals surface area contributed by atoms with Crippen molar-refractivity contribution < 1.29 is 4.79 Å². The van der Waals surface area contributed by atoms with Gasteiger partial charge in [0, 0.05) is 23.8 Å². The Labute approximate surface area is 115 Å². The van der Waals surface area contributed by atoms with E-state index in [0.29, 0.717) is 17.2 Å². The van der Waals surface area contributed by atoms with Gasteiger partial charge in [0.05, 0.1) is 0 Å². The topological polar surface area (TPSA) is 58.4 Å². The normalized spacial score (nSPS) is 24.2. The zero-order chi connectivity index (χ0) is 14.0. The number of nitrogens with zero attached hydrogens (tertiary/aromatic N) is 1. The highest BCUT2D eigenvalue weighted by molar-refractivity contribution is 5.97. The summed E-state index contributed by atoms with van der Waals surface area (Å²) in [6.45, 7) is 6.14. The quantitative estimate of drug-likeness (QED) is 0.796. The molecule has 0 radical (unpaired) electrons. The molecular formula is C15H23N3O. The van der Waals surface area contributed by atoms with E-state index in [9.17, 15) is 4.79 Å². The zero-order valence-electron chi connectivity index (χ0n) is 11.9. The van der Waals surface area contributed by atoms with Gasteiger partial charge in [-0.2, -0.15) is 0 Å². The van der Waals surface area contributed by atoms with Gasteiger partial charge in [-0.1, -0.05) is 13.0 Å². The van der Waals surface area contributed by atoms with E-state index < -0.39 is 0 Å². The summed E-state index contributed by atoms with van der Waals surface area (Å²) < 4.78 is 0. The molecule has 1 saturated heterocycles. The lowest BCUT2D eigenvalue weighted by atomic mass is 9.93. The number of nitrogens with one attached hydrogen (secondary N) is 1. The third kappa shape index (κ3) is 3.07. The molecule has 1 aliphatic heterocycles. The number of anilines is 1. The first-order valence-corrected chi connectivity index (χ1v) is 6.83. The maximum atomic E-state index is 12.3. The first-order chi connectivity index (χ1) is 8.99. The summed E-state index contributed by atoms with van der Waals surface area (Å²) in [5.74, 6) is 0.468. The molecule has 1 amide bonds. The van der Waals surface area contributed by atoms with Crippen molar-refractivity contribution in [3.05, 3.63) is 29.3 Å². The number of carbonyl (C=O) groups excluding carboxylic acids is 1. The van der Waals surface area contributed by atoms with Crippen molar-refractivity contribution in [1.29, 1.82) is 0 Å². The van der Waals surface area contributed by atoms with Crippen molar-refractivity contribution in [3.63, 3.8) is 0 Å². The van der Waals surface area contributed by atoms with Crippen LogP contribution in [0.15, 0.2) is 18.2 Å². The summed E-state index contributed by atoms with van der Waals surface area (Å²) in [6, 6.07) is 5.74. The Hall–Kier alpha value is -1.55. The van der Waals surface area contributed by atoms with Crippen molar-refractivity contribution in [2.45, 2.75) is 26.3 Å². The molecule has 1 heterocycles. The second-order valence-electron chi connectivity index (χ2n) is 5.63. The van der Waals surface area contributed by atoms with Crippen molar-refractivity contribution in [2.75, 3.05) is 25.9 Å². The lowest BCUT2D eigenvalue weighted by Gasteiger charge is -2.35. The largest absolute Gasteiger partial charge is 0.398 e. The minimum Gasteiger partial charge on any atom is -0.398 e. The molecule has 4 heteroatoms. The third-order valence-corrected chi connectivity index (χ3v) is 4.05. The molecule has 0 spiro atoms. The van der Waals surface area contributed by atoms with Gasteiger partial charge in [-0.25, -0.2) is 0 Å². The van der Waals surface area contributed by atoms with E-state index in [1.54, 1.807) is 0 Å². The van der Waals surface area contributed by atoms with Crippen LogP contribution in [0.5, 0.6) is 0 Å². The highest BCUT2D eigenvalue weighted by Crippen LogP contribution is 2.18. The number of rotatable bonds is 2. The SMILES string of the molecule is Cc1c(N)cccc1C(=O)NC1CCN(C)CC1C. The number of benzene rings is 1. The van der Waals surface area contributed by atoms with Gasteiger partial charge in [-0.05, 0) is 50.6 Å².